The Kier molecular flexibility index (Phi) is 4.06. The number of likely N-dealkylation sites (tertiary alicyclic amines) is 1. The molecule has 1 aliphatic heterocycles. The summed E-state index contributed by atoms with van der Waals surface area (Å²) in [5.41, 5.74) is 2.41. The molecule has 1 amide bonds. The SMILES string of the molecule is CC(C)(C)n1ccc(C(=O)N2CCCC3(CCc4c3nc(C3CC3)[nH]c4=O)C2)c1. The molecule has 154 valence electrons. The highest BCUT2D eigenvalue weighted by Crippen LogP contribution is 2.45. The first kappa shape index (κ1) is 18.6. The number of piperidine rings is 1. The van der Waals surface area contributed by atoms with Crippen LogP contribution < -0.4 is 5.56 Å². The van der Waals surface area contributed by atoms with E-state index in [2.05, 4.69) is 30.3 Å². The van der Waals surface area contributed by atoms with Gasteiger partial charge >= 0.3 is 0 Å². The van der Waals surface area contributed by atoms with Gasteiger partial charge in [-0.05, 0) is 65.4 Å². The van der Waals surface area contributed by atoms with Crippen molar-refractivity contribution in [3.05, 3.63) is 51.5 Å². The van der Waals surface area contributed by atoms with Crippen LogP contribution in [0.1, 0.15) is 86.2 Å². The fraction of sp³-hybridized carbons (Fsp3) is 0.609. The van der Waals surface area contributed by atoms with E-state index in [0.717, 1.165) is 67.7 Å². The van der Waals surface area contributed by atoms with Crippen molar-refractivity contribution in [1.29, 1.82) is 0 Å². The molecule has 2 aromatic heterocycles. The van der Waals surface area contributed by atoms with Gasteiger partial charge in [-0.25, -0.2) is 4.98 Å². The van der Waals surface area contributed by atoms with Crippen LogP contribution in [0, 0.1) is 0 Å². The molecule has 1 saturated heterocycles. The average Bonchev–Trinajstić information content (AvgIpc) is 3.30. The first-order valence-corrected chi connectivity index (χ1v) is 10.9. The summed E-state index contributed by atoms with van der Waals surface area (Å²) in [7, 11) is 0. The van der Waals surface area contributed by atoms with Crippen molar-refractivity contribution in [1.82, 2.24) is 19.4 Å². The van der Waals surface area contributed by atoms with Crippen LogP contribution in [0.3, 0.4) is 0 Å². The van der Waals surface area contributed by atoms with Gasteiger partial charge in [0.05, 0.1) is 11.3 Å². The van der Waals surface area contributed by atoms with Crippen molar-refractivity contribution in [2.75, 3.05) is 13.1 Å². The van der Waals surface area contributed by atoms with Gasteiger partial charge in [0.2, 0.25) is 0 Å². The third-order valence-electron chi connectivity index (χ3n) is 6.93. The van der Waals surface area contributed by atoms with Gasteiger partial charge in [0, 0.05) is 47.9 Å². The van der Waals surface area contributed by atoms with E-state index in [-0.39, 0.29) is 22.4 Å². The molecule has 5 rings (SSSR count). The van der Waals surface area contributed by atoms with Gasteiger partial charge in [-0.2, -0.15) is 0 Å². The molecule has 3 heterocycles. The van der Waals surface area contributed by atoms with Crippen LogP contribution in [0.4, 0.5) is 0 Å². The quantitative estimate of drug-likeness (QED) is 0.849. The van der Waals surface area contributed by atoms with Crippen LogP contribution in [0.5, 0.6) is 0 Å². The van der Waals surface area contributed by atoms with Crippen molar-refractivity contribution < 1.29 is 4.79 Å². The first-order chi connectivity index (χ1) is 13.8. The van der Waals surface area contributed by atoms with E-state index in [4.69, 9.17) is 4.98 Å². The number of hydrogen-bond donors (Lipinski definition) is 1. The maximum atomic E-state index is 13.3. The van der Waals surface area contributed by atoms with Crippen LogP contribution >= 0.6 is 0 Å². The molecule has 0 bridgehead atoms. The molecule has 0 aromatic carbocycles. The number of hydrogen-bond acceptors (Lipinski definition) is 3. The standard InChI is InChI=1S/C23H30N4O2/c1-22(2,3)27-12-8-16(13-27)21(29)26-11-4-9-23(14-26)10-7-17-18(23)24-19(15-5-6-15)25-20(17)28/h8,12-13,15H,4-7,9-11,14H2,1-3H3,(H,24,25,28). The Hall–Kier alpha value is -2.37. The fourth-order valence-electron chi connectivity index (χ4n) is 5.04. The van der Waals surface area contributed by atoms with E-state index < -0.39 is 0 Å². The van der Waals surface area contributed by atoms with E-state index in [0.29, 0.717) is 12.5 Å². The Labute approximate surface area is 171 Å². The summed E-state index contributed by atoms with van der Waals surface area (Å²) >= 11 is 0. The zero-order chi connectivity index (χ0) is 20.4. The van der Waals surface area contributed by atoms with Crippen molar-refractivity contribution in [3.8, 4) is 0 Å². The molecular weight excluding hydrogens is 364 g/mol. The van der Waals surface area contributed by atoms with Gasteiger partial charge in [0.25, 0.3) is 11.5 Å². The van der Waals surface area contributed by atoms with Gasteiger partial charge < -0.3 is 14.5 Å². The number of nitrogens with zero attached hydrogens (tertiary/aromatic N) is 3. The Balaban J connectivity index is 1.44. The lowest BCUT2D eigenvalue weighted by molar-refractivity contribution is 0.0633. The Morgan fingerprint density at radius 1 is 1.28 bits per heavy atom. The van der Waals surface area contributed by atoms with Gasteiger partial charge in [-0.15, -0.1) is 0 Å². The number of rotatable bonds is 2. The highest BCUT2D eigenvalue weighted by molar-refractivity contribution is 5.94. The van der Waals surface area contributed by atoms with E-state index in [1.54, 1.807) is 0 Å². The topological polar surface area (TPSA) is 71.0 Å². The van der Waals surface area contributed by atoms with Crippen LogP contribution in [0.15, 0.2) is 23.3 Å². The molecular formula is C23H30N4O2. The lowest BCUT2D eigenvalue weighted by Crippen LogP contribution is -2.48. The Bertz CT molecular complexity index is 1020. The van der Waals surface area contributed by atoms with E-state index in [1.165, 1.54) is 0 Å². The minimum absolute atomic E-state index is 0.0412. The summed E-state index contributed by atoms with van der Waals surface area (Å²) in [6.45, 7) is 7.84. The molecule has 1 N–H and O–H groups in total. The summed E-state index contributed by atoms with van der Waals surface area (Å²) in [6, 6.07) is 1.92. The largest absolute Gasteiger partial charge is 0.348 e. The van der Waals surface area contributed by atoms with Crippen molar-refractivity contribution in [2.45, 2.75) is 76.2 Å². The summed E-state index contributed by atoms with van der Waals surface area (Å²) < 4.78 is 2.09. The molecule has 3 aliphatic rings. The average molecular weight is 395 g/mol. The molecule has 2 fully saturated rings. The minimum atomic E-state index is -0.159. The smallest absolute Gasteiger partial charge is 0.255 e. The highest BCUT2D eigenvalue weighted by atomic mass is 16.2. The second-order valence-corrected chi connectivity index (χ2v) is 10.1. The van der Waals surface area contributed by atoms with Gasteiger partial charge in [-0.3, -0.25) is 9.59 Å². The summed E-state index contributed by atoms with van der Waals surface area (Å²) in [6.07, 6.45) is 9.82. The second kappa shape index (κ2) is 6.31. The van der Waals surface area contributed by atoms with E-state index in [1.807, 2.05) is 23.4 Å². The fourth-order valence-corrected chi connectivity index (χ4v) is 5.04. The zero-order valence-corrected chi connectivity index (χ0v) is 17.6. The molecule has 2 aliphatic carbocycles. The number of carbonyl (C=O) groups excluding carboxylic acids is 1. The normalized spacial score (nSPS) is 24.2. The van der Waals surface area contributed by atoms with Crippen LogP contribution in [0.25, 0.3) is 0 Å². The zero-order valence-electron chi connectivity index (χ0n) is 17.6. The first-order valence-electron chi connectivity index (χ1n) is 10.9. The molecule has 6 nitrogen and oxygen atoms in total. The molecule has 29 heavy (non-hydrogen) atoms. The lowest BCUT2D eigenvalue weighted by Gasteiger charge is -2.40. The molecule has 1 unspecified atom stereocenters. The number of H-pyrrole nitrogens is 1. The molecule has 6 heteroatoms. The predicted octanol–water partition coefficient (Wildman–Crippen LogP) is 3.32. The van der Waals surface area contributed by atoms with Crippen molar-refractivity contribution in [3.63, 3.8) is 0 Å². The molecule has 0 radical (unpaired) electrons. The number of carbonyl (C=O) groups is 1. The Morgan fingerprint density at radius 2 is 2.07 bits per heavy atom. The summed E-state index contributed by atoms with van der Waals surface area (Å²) in [5.74, 6) is 1.37. The maximum Gasteiger partial charge on any atom is 0.255 e. The summed E-state index contributed by atoms with van der Waals surface area (Å²) in [4.78, 5) is 35.9. The van der Waals surface area contributed by atoms with Crippen LogP contribution in [-0.4, -0.2) is 38.4 Å². The third-order valence-corrected chi connectivity index (χ3v) is 6.93. The minimum Gasteiger partial charge on any atom is -0.348 e. The van der Waals surface area contributed by atoms with Crippen LogP contribution in [0.2, 0.25) is 0 Å². The van der Waals surface area contributed by atoms with Gasteiger partial charge in [0.1, 0.15) is 5.82 Å². The number of aromatic nitrogens is 3. The van der Waals surface area contributed by atoms with Crippen molar-refractivity contribution in [2.24, 2.45) is 0 Å². The van der Waals surface area contributed by atoms with Gasteiger partial charge in [-0.1, -0.05) is 0 Å². The van der Waals surface area contributed by atoms with Crippen LogP contribution in [-0.2, 0) is 17.4 Å². The van der Waals surface area contributed by atoms with E-state index >= 15 is 0 Å². The predicted molar refractivity (Wildman–Crippen MR) is 111 cm³/mol. The number of fused-ring (bicyclic) bond motifs is 2. The van der Waals surface area contributed by atoms with E-state index in [9.17, 15) is 9.59 Å². The number of amides is 1. The molecule has 1 saturated carbocycles. The van der Waals surface area contributed by atoms with Gasteiger partial charge in [0.15, 0.2) is 0 Å². The molecule has 2 aromatic rings. The summed E-state index contributed by atoms with van der Waals surface area (Å²) in [5, 5.41) is 0. The highest BCUT2D eigenvalue weighted by Gasteiger charge is 2.46. The second-order valence-electron chi connectivity index (χ2n) is 10.1. The maximum absolute atomic E-state index is 13.3. The number of aromatic amines is 1. The number of nitrogens with one attached hydrogen (secondary N) is 1. The monoisotopic (exact) mass is 394 g/mol. The molecule has 1 atom stereocenters. The van der Waals surface area contributed by atoms with Crippen molar-refractivity contribution >= 4 is 5.91 Å². The third kappa shape index (κ3) is 3.13. The lowest BCUT2D eigenvalue weighted by atomic mass is 9.77. The molecule has 1 spiro atoms. The Morgan fingerprint density at radius 3 is 2.76 bits per heavy atom.